The Morgan fingerprint density at radius 2 is 1.71 bits per heavy atom. The van der Waals surface area contributed by atoms with Gasteiger partial charge in [0.05, 0.1) is 16.1 Å². The van der Waals surface area contributed by atoms with Crippen molar-refractivity contribution in [3.63, 3.8) is 0 Å². The van der Waals surface area contributed by atoms with Crippen LogP contribution in [-0.2, 0) is 9.31 Å². The van der Waals surface area contributed by atoms with Gasteiger partial charge in [0.2, 0.25) is 0 Å². The zero-order valence-electron chi connectivity index (χ0n) is 12.8. The summed E-state index contributed by atoms with van der Waals surface area (Å²) in [6, 6.07) is 2.84. The normalized spacial score (nSPS) is 19.6. The van der Waals surface area contributed by atoms with Crippen molar-refractivity contribution in [1.82, 2.24) is 0 Å². The predicted molar refractivity (Wildman–Crippen MR) is 78.9 cm³/mol. The third-order valence-corrected chi connectivity index (χ3v) is 4.28. The standard InChI is InChI=1S/C14H18BNO5/c1-9-11(6-10(8-17)7-12(9)16(18)19)15-20-13(2,3)14(4,5)21-15/h6-8H,1-5H3. The number of hydrogen-bond donors (Lipinski definition) is 0. The molecule has 6 nitrogen and oxygen atoms in total. The Balaban J connectivity index is 2.53. The fraction of sp³-hybridized carbons (Fsp3) is 0.500. The zero-order chi connectivity index (χ0) is 16.0. The number of carbonyl (C=O) groups excluding carboxylic acids is 1. The van der Waals surface area contributed by atoms with E-state index in [-0.39, 0.29) is 11.3 Å². The Morgan fingerprint density at radius 1 is 1.19 bits per heavy atom. The summed E-state index contributed by atoms with van der Waals surface area (Å²) in [5.41, 5.74) is 0.00181. The maximum absolute atomic E-state index is 11.1. The minimum Gasteiger partial charge on any atom is -0.399 e. The van der Waals surface area contributed by atoms with Crippen LogP contribution in [0.5, 0.6) is 0 Å². The van der Waals surface area contributed by atoms with Gasteiger partial charge in [-0.05, 0) is 40.1 Å². The number of hydrogen-bond acceptors (Lipinski definition) is 5. The lowest BCUT2D eigenvalue weighted by Gasteiger charge is -2.32. The summed E-state index contributed by atoms with van der Waals surface area (Å²) >= 11 is 0. The van der Waals surface area contributed by atoms with Gasteiger partial charge in [0.25, 0.3) is 5.69 Å². The molecule has 1 fully saturated rings. The van der Waals surface area contributed by atoms with Crippen LogP contribution in [0.2, 0.25) is 0 Å². The summed E-state index contributed by atoms with van der Waals surface area (Å²) in [4.78, 5) is 21.6. The van der Waals surface area contributed by atoms with E-state index < -0.39 is 23.2 Å². The van der Waals surface area contributed by atoms with Gasteiger partial charge >= 0.3 is 7.12 Å². The van der Waals surface area contributed by atoms with Gasteiger partial charge in [-0.25, -0.2) is 0 Å². The first-order valence-electron chi connectivity index (χ1n) is 6.69. The van der Waals surface area contributed by atoms with Gasteiger partial charge in [0.15, 0.2) is 0 Å². The smallest absolute Gasteiger partial charge is 0.399 e. The molecule has 1 aromatic carbocycles. The Bertz CT molecular complexity index is 596. The molecular weight excluding hydrogens is 273 g/mol. The van der Waals surface area contributed by atoms with Gasteiger partial charge < -0.3 is 9.31 Å². The Kier molecular flexibility index (Phi) is 3.67. The molecule has 0 unspecified atom stereocenters. The van der Waals surface area contributed by atoms with Crippen LogP contribution in [0.1, 0.15) is 43.6 Å². The minimum absolute atomic E-state index is 0.107. The van der Waals surface area contributed by atoms with Gasteiger partial charge in [-0.2, -0.15) is 0 Å². The summed E-state index contributed by atoms with van der Waals surface area (Å²) in [6.45, 7) is 9.24. The Hall–Kier alpha value is -1.73. The summed E-state index contributed by atoms with van der Waals surface area (Å²) in [6.07, 6.45) is 0.585. The van der Waals surface area contributed by atoms with E-state index >= 15 is 0 Å². The number of nitro benzene ring substituents is 1. The molecule has 1 aromatic rings. The Morgan fingerprint density at radius 3 is 2.14 bits per heavy atom. The summed E-state index contributed by atoms with van der Waals surface area (Å²) < 4.78 is 11.8. The highest BCUT2D eigenvalue weighted by Gasteiger charge is 2.52. The van der Waals surface area contributed by atoms with E-state index in [2.05, 4.69) is 0 Å². The van der Waals surface area contributed by atoms with Crippen LogP contribution in [0.15, 0.2) is 12.1 Å². The average molecular weight is 291 g/mol. The highest BCUT2D eigenvalue weighted by molar-refractivity contribution is 6.62. The Labute approximate surface area is 123 Å². The first-order chi connectivity index (χ1) is 9.59. The van der Waals surface area contributed by atoms with Crippen molar-refractivity contribution in [2.45, 2.75) is 45.8 Å². The molecule has 0 radical (unpaired) electrons. The fourth-order valence-electron chi connectivity index (χ4n) is 2.22. The third kappa shape index (κ3) is 2.58. The van der Waals surface area contributed by atoms with Crippen LogP contribution < -0.4 is 5.46 Å². The van der Waals surface area contributed by atoms with Gasteiger partial charge in [-0.1, -0.05) is 6.07 Å². The largest absolute Gasteiger partial charge is 0.495 e. The molecular formula is C14H18BNO5. The van der Waals surface area contributed by atoms with E-state index in [1.807, 2.05) is 27.7 Å². The predicted octanol–water partition coefficient (Wildman–Crippen LogP) is 2.01. The third-order valence-electron chi connectivity index (χ3n) is 4.28. The van der Waals surface area contributed by atoms with Gasteiger partial charge in [0, 0.05) is 17.2 Å². The lowest BCUT2D eigenvalue weighted by molar-refractivity contribution is -0.385. The van der Waals surface area contributed by atoms with Crippen molar-refractivity contribution in [2.24, 2.45) is 0 Å². The lowest BCUT2D eigenvalue weighted by atomic mass is 9.75. The van der Waals surface area contributed by atoms with E-state index in [4.69, 9.17) is 9.31 Å². The molecule has 0 bridgehead atoms. The number of nitro groups is 1. The van der Waals surface area contributed by atoms with Crippen molar-refractivity contribution in [2.75, 3.05) is 0 Å². The molecule has 1 aliphatic rings. The van der Waals surface area contributed by atoms with Crippen LogP contribution in [0.25, 0.3) is 0 Å². The average Bonchev–Trinajstić information content (AvgIpc) is 2.58. The van der Waals surface area contributed by atoms with E-state index in [9.17, 15) is 14.9 Å². The van der Waals surface area contributed by atoms with E-state index in [0.717, 1.165) is 0 Å². The van der Waals surface area contributed by atoms with Crippen LogP contribution >= 0.6 is 0 Å². The lowest BCUT2D eigenvalue weighted by Crippen LogP contribution is -2.41. The SMILES string of the molecule is Cc1c(B2OC(C)(C)C(C)(C)O2)cc(C=O)cc1[N+](=O)[O-]. The van der Waals surface area contributed by atoms with Gasteiger partial charge in [-0.15, -0.1) is 0 Å². The molecule has 0 saturated carbocycles. The monoisotopic (exact) mass is 291 g/mol. The number of nitrogens with zero attached hydrogens (tertiary/aromatic N) is 1. The number of carbonyl (C=O) groups is 1. The first kappa shape index (κ1) is 15.7. The van der Waals surface area contributed by atoms with Crippen LogP contribution in [0.3, 0.4) is 0 Å². The van der Waals surface area contributed by atoms with Crippen molar-refractivity contribution in [3.8, 4) is 0 Å². The second-order valence-electron chi connectivity index (χ2n) is 6.22. The highest BCUT2D eigenvalue weighted by Crippen LogP contribution is 2.37. The molecule has 0 amide bonds. The molecule has 0 N–H and O–H groups in total. The maximum Gasteiger partial charge on any atom is 0.495 e. The van der Waals surface area contributed by atoms with Crippen LogP contribution in [0, 0.1) is 17.0 Å². The van der Waals surface area contributed by atoms with E-state index in [1.165, 1.54) is 6.07 Å². The molecule has 1 aliphatic heterocycles. The minimum atomic E-state index is -0.728. The molecule has 2 rings (SSSR count). The topological polar surface area (TPSA) is 78.7 Å². The molecule has 21 heavy (non-hydrogen) atoms. The van der Waals surface area contributed by atoms with Gasteiger partial charge in [-0.3, -0.25) is 14.9 Å². The molecule has 1 saturated heterocycles. The molecule has 7 heteroatoms. The molecule has 0 aliphatic carbocycles. The molecule has 0 atom stereocenters. The molecule has 1 heterocycles. The van der Waals surface area contributed by atoms with Crippen molar-refractivity contribution in [1.29, 1.82) is 0 Å². The maximum atomic E-state index is 11.1. The fourth-order valence-corrected chi connectivity index (χ4v) is 2.22. The van der Waals surface area contributed by atoms with Crippen LogP contribution in [0.4, 0.5) is 5.69 Å². The summed E-state index contributed by atoms with van der Waals surface area (Å²) in [5, 5.41) is 11.1. The molecule has 112 valence electrons. The quantitative estimate of drug-likeness (QED) is 0.368. The van der Waals surface area contributed by atoms with Gasteiger partial charge in [0.1, 0.15) is 6.29 Å². The first-order valence-corrected chi connectivity index (χ1v) is 6.69. The van der Waals surface area contributed by atoms with Crippen molar-refractivity contribution >= 4 is 24.6 Å². The number of benzene rings is 1. The zero-order valence-corrected chi connectivity index (χ0v) is 12.8. The molecule has 0 aromatic heterocycles. The second-order valence-corrected chi connectivity index (χ2v) is 6.22. The summed E-state index contributed by atoms with van der Waals surface area (Å²) in [5.74, 6) is 0. The van der Waals surface area contributed by atoms with Crippen molar-refractivity contribution < 1.29 is 19.0 Å². The number of rotatable bonds is 3. The van der Waals surface area contributed by atoms with Crippen molar-refractivity contribution in [3.05, 3.63) is 33.4 Å². The number of aldehydes is 1. The van der Waals surface area contributed by atoms with E-state index in [1.54, 1.807) is 13.0 Å². The summed E-state index contributed by atoms with van der Waals surface area (Å²) in [7, 11) is -0.728. The highest BCUT2D eigenvalue weighted by atomic mass is 16.7. The van der Waals surface area contributed by atoms with E-state index in [0.29, 0.717) is 17.3 Å². The second kappa shape index (κ2) is 4.93. The molecule has 0 spiro atoms. The van der Waals surface area contributed by atoms with Crippen LogP contribution in [-0.4, -0.2) is 29.5 Å².